The summed E-state index contributed by atoms with van der Waals surface area (Å²) in [6, 6.07) is 10.3. The van der Waals surface area contributed by atoms with E-state index in [0.717, 1.165) is 34.0 Å². The van der Waals surface area contributed by atoms with Crippen molar-refractivity contribution in [3.63, 3.8) is 0 Å². The van der Waals surface area contributed by atoms with Crippen LogP contribution < -0.4 is 0 Å². The van der Waals surface area contributed by atoms with Gasteiger partial charge in [-0.15, -0.1) is 10.2 Å². The highest BCUT2D eigenvalue weighted by Gasteiger charge is 2.24. The summed E-state index contributed by atoms with van der Waals surface area (Å²) in [5.74, 6) is 0.803. The molecule has 3 rings (SSSR count). The Kier molecular flexibility index (Phi) is 3.99. The van der Waals surface area contributed by atoms with Crippen molar-refractivity contribution in [2.24, 2.45) is 10.2 Å². The Bertz CT molecular complexity index is 903. The van der Waals surface area contributed by atoms with E-state index in [0.29, 0.717) is 0 Å². The van der Waals surface area contributed by atoms with Crippen LogP contribution >= 0.6 is 0 Å². The summed E-state index contributed by atoms with van der Waals surface area (Å²) < 4.78 is 2.00. The molecule has 0 saturated heterocycles. The second kappa shape index (κ2) is 5.86. The van der Waals surface area contributed by atoms with Crippen LogP contribution in [0.1, 0.15) is 43.2 Å². The second-order valence-corrected chi connectivity index (χ2v) is 7.41. The lowest BCUT2D eigenvalue weighted by Gasteiger charge is -2.15. The highest BCUT2D eigenvalue weighted by Crippen LogP contribution is 2.34. The van der Waals surface area contributed by atoms with Gasteiger partial charge in [0.25, 0.3) is 0 Å². The molecule has 1 aromatic carbocycles. The normalized spacial score (nSPS) is 12.4. The highest BCUT2D eigenvalue weighted by molar-refractivity contribution is 5.56. The van der Waals surface area contributed by atoms with Crippen molar-refractivity contribution in [3.8, 4) is 0 Å². The molecule has 0 amide bonds. The van der Waals surface area contributed by atoms with E-state index >= 15 is 0 Å². The first-order valence-corrected chi connectivity index (χ1v) is 8.24. The molecular formula is C20H24N4. The number of azo groups is 1. The molecule has 0 aliphatic heterocycles. The first-order valence-electron chi connectivity index (χ1n) is 8.24. The minimum Gasteiger partial charge on any atom is -0.283 e. The fraction of sp³-hybridized carbons (Fsp3) is 0.350. The maximum Gasteiger partial charge on any atom is 0.183 e. The van der Waals surface area contributed by atoms with Crippen LogP contribution in [0.25, 0.3) is 5.65 Å². The number of fused-ring (bicyclic) bond motifs is 1. The Morgan fingerprint density at radius 1 is 0.958 bits per heavy atom. The standard InChI is InChI=1S/C20H24N4/c1-13-11-14(2)17(15(3)12-13)22-23-19-18(20(4,5)6)21-16-9-7-8-10-24(16)19/h7-12H,1-6H3. The fourth-order valence-electron chi connectivity index (χ4n) is 3.01. The van der Waals surface area contributed by atoms with Gasteiger partial charge in [-0.05, 0) is 44.0 Å². The Hall–Kier alpha value is -2.49. The lowest BCUT2D eigenvalue weighted by atomic mass is 9.92. The fourth-order valence-corrected chi connectivity index (χ4v) is 3.01. The highest BCUT2D eigenvalue weighted by atomic mass is 15.2. The quantitative estimate of drug-likeness (QED) is 0.536. The Labute approximate surface area is 143 Å². The lowest BCUT2D eigenvalue weighted by Crippen LogP contribution is -2.11. The van der Waals surface area contributed by atoms with Gasteiger partial charge < -0.3 is 0 Å². The van der Waals surface area contributed by atoms with Gasteiger partial charge in [-0.2, -0.15) is 0 Å². The number of hydrogen-bond donors (Lipinski definition) is 0. The lowest BCUT2D eigenvalue weighted by molar-refractivity contribution is 0.574. The molecule has 24 heavy (non-hydrogen) atoms. The average molecular weight is 320 g/mol. The topological polar surface area (TPSA) is 42.0 Å². The molecule has 0 atom stereocenters. The zero-order valence-electron chi connectivity index (χ0n) is 15.3. The molecule has 2 aromatic heterocycles. The van der Waals surface area contributed by atoms with Gasteiger partial charge in [-0.3, -0.25) is 4.40 Å². The number of aromatic nitrogens is 2. The van der Waals surface area contributed by atoms with Crippen LogP contribution in [-0.4, -0.2) is 9.38 Å². The zero-order valence-corrected chi connectivity index (χ0v) is 15.3. The summed E-state index contributed by atoms with van der Waals surface area (Å²) in [6.07, 6.45) is 1.99. The van der Waals surface area contributed by atoms with Gasteiger partial charge in [0, 0.05) is 11.6 Å². The number of nitrogens with zero attached hydrogens (tertiary/aromatic N) is 4. The van der Waals surface area contributed by atoms with Crippen molar-refractivity contribution in [2.45, 2.75) is 47.0 Å². The van der Waals surface area contributed by atoms with Crippen LogP contribution in [0.4, 0.5) is 11.5 Å². The Morgan fingerprint density at radius 2 is 1.62 bits per heavy atom. The van der Waals surface area contributed by atoms with E-state index in [-0.39, 0.29) is 5.41 Å². The van der Waals surface area contributed by atoms with E-state index in [1.165, 1.54) is 5.56 Å². The summed E-state index contributed by atoms with van der Waals surface area (Å²) in [6.45, 7) is 12.7. The van der Waals surface area contributed by atoms with Crippen LogP contribution in [0.2, 0.25) is 0 Å². The SMILES string of the molecule is Cc1cc(C)c(N=Nc2c(C(C)(C)C)nc3ccccn23)c(C)c1. The third kappa shape index (κ3) is 2.96. The predicted octanol–water partition coefficient (Wildman–Crippen LogP) is 5.97. The first-order chi connectivity index (χ1) is 11.3. The zero-order chi connectivity index (χ0) is 17.5. The summed E-state index contributed by atoms with van der Waals surface area (Å²) in [7, 11) is 0. The number of pyridine rings is 1. The largest absolute Gasteiger partial charge is 0.283 e. The third-order valence-electron chi connectivity index (χ3n) is 4.10. The summed E-state index contributed by atoms with van der Waals surface area (Å²) >= 11 is 0. The number of benzene rings is 1. The van der Waals surface area contributed by atoms with Gasteiger partial charge in [0.1, 0.15) is 5.65 Å². The molecule has 124 valence electrons. The van der Waals surface area contributed by atoms with Gasteiger partial charge in [0.15, 0.2) is 5.82 Å². The van der Waals surface area contributed by atoms with Crippen molar-refractivity contribution < 1.29 is 0 Å². The molecule has 0 N–H and O–H groups in total. The smallest absolute Gasteiger partial charge is 0.183 e. The number of hydrogen-bond acceptors (Lipinski definition) is 3. The molecular weight excluding hydrogens is 296 g/mol. The van der Waals surface area contributed by atoms with Crippen LogP contribution in [0.3, 0.4) is 0 Å². The van der Waals surface area contributed by atoms with Crippen molar-refractivity contribution in [3.05, 3.63) is 58.9 Å². The Balaban J connectivity index is 2.17. The van der Waals surface area contributed by atoms with Gasteiger partial charge >= 0.3 is 0 Å². The molecule has 0 radical (unpaired) electrons. The third-order valence-corrected chi connectivity index (χ3v) is 4.10. The molecule has 4 nitrogen and oxygen atoms in total. The minimum absolute atomic E-state index is 0.0995. The monoisotopic (exact) mass is 320 g/mol. The van der Waals surface area contributed by atoms with E-state index in [9.17, 15) is 0 Å². The molecule has 0 spiro atoms. The van der Waals surface area contributed by atoms with Crippen molar-refractivity contribution in [1.29, 1.82) is 0 Å². The molecule has 4 heteroatoms. The molecule has 0 aliphatic rings. The van der Waals surface area contributed by atoms with Gasteiger partial charge in [-0.25, -0.2) is 4.98 Å². The molecule has 2 heterocycles. The van der Waals surface area contributed by atoms with E-state index in [1.807, 2.05) is 28.8 Å². The Morgan fingerprint density at radius 3 is 2.25 bits per heavy atom. The first kappa shape index (κ1) is 16.4. The van der Waals surface area contributed by atoms with Crippen LogP contribution in [0, 0.1) is 20.8 Å². The molecule has 0 saturated carbocycles. The van der Waals surface area contributed by atoms with E-state index in [1.54, 1.807) is 0 Å². The van der Waals surface area contributed by atoms with Crippen molar-refractivity contribution >= 4 is 17.2 Å². The molecule has 0 unspecified atom stereocenters. The van der Waals surface area contributed by atoms with Crippen LogP contribution in [0.5, 0.6) is 0 Å². The predicted molar refractivity (Wildman–Crippen MR) is 98.7 cm³/mol. The minimum atomic E-state index is -0.0995. The average Bonchev–Trinajstić information content (AvgIpc) is 2.85. The number of imidazole rings is 1. The van der Waals surface area contributed by atoms with Gasteiger partial charge in [0.2, 0.25) is 0 Å². The second-order valence-electron chi connectivity index (χ2n) is 7.41. The van der Waals surface area contributed by atoms with Crippen LogP contribution in [-0.2, 0) is 5.41 Å². The summed E-state index contributed by atoms with van der Waals surface area (Å²) in [5.41, 5.74) is 6.22. The van der Waals surface area contributed by atoms with E-state index in [4.69, 9.17) is 4.98 Å². The number of aryl methyl sites for hydroxylation is 3. The summed E-state index contributed by atoms with van der Waals surface area (Å²) in [4.78, 5) is 4.76. The molecule has 3 aromatic rings. The van der Waals surface area contributed by atoms with Crippen LogP contribution in [0.15, 0.2) is 46.8 Å². The van der Waals surface area contributed by atoms with Crippen molar-refractivity contribution in [1.82, 2.24) is 9.38 Å². The maximum atomic E-state index is 4.76. The van der Waals surface area contributed by atoms with E-state index in [2.05, 4.69) is 63.9 Å². The van der Waals surface area contributed by atoms with Crippen molar-refractivity contribution in [2.75, 3.05) is 0 Å². The van der Waals surface area contributed by atoms with Gasteiger partial charge in [-0.1, -0.05) is 44.5 Å². The van der Waals surface area contributed by atoms with Gasteiger partial charge in [0.05, 0.1) is 11.4 Å². The van der Waals surface area contributed by atoms with E-state index < -0.39 is 0 Å². The molecule has 0 bridgehead atoms. The number of rotatable bonds is 2. The maximum absolute atomic E-state index is 4.76. The summed E-state index contributed by atoms with van der Waals surface area (Å²) in [5, 5.41) is 9.19. The molecule has 0 aliphatic carbocycles. The molecule has 0 fully saturated rings.